The molecular weight excluding hydrogens is 440 g/mol. The summed E-state index contributed by atoms with van der Waals surface area (Å²) in [6.45, 7) is 9.54. The molecule has 0 bridgehead atoms. The Kier molecular flexibility index (Phi) is 16.7. The number of benzene rings is 1. The molecule has 4 nitrogen and oxygen atoms in total. The normalized spacial score (nSPS) is 11.3. The fourth-order valence-corrected chi connectivity index (χ4v) is 4.14. The van der Waals surface area contributed by atoms with Crippen molar-refractivity contribution in [2.75, 3.05) is 13.2 Å². The average molecular weight is 491 g/mol. The van der Waals surface area contributed by atoms with Gasteiger partial charge in [0.15, 0.2) is 11.7 Å². The molecule has 0 atom stereocenters. The lowest BCUT2D eigenvalue weighted by Gasteiger charge is -2.19. The zero-order valence-corrected chi connectivity index (χ0v) is 23.2. The van der Waals surface area contributed by atoms with Gasteiger partial charge in [0.1, 0.15) is 5.75 Å². The van der Waals surface area contributed by atoms with Crippen LogP contribution in [0.25, 0.3) is 0 Å². The lowest BCUT2D eigenvalue weighted by molar-refractivity contribution is -0.121. The summed E-state index contributed by atoms with van der Waals surface area (Å²) < 4.78 is 5.57. The average Bonchev–Trinajstić information content (AvgIpc) is 2.80. The maximum Gasteiger partial charge on any atom is 0.264 e. The molecule has 1 aromatic rings. The maximum absolute atomic E-state index is 12.0. The maximum atomic E-state index is 12.0. The van der Waals surface area contributed by atoms with Gasteiger partial charge in [-0.05, 0) is 41.7 Å². The Morgan fingerprint density at radius 1 is 0.794 bits per heavy atom. The number of carbonyl (C=O) groups excluding carboxylic acids is 1. The molecule has 1 aromatic carbocycles. The van der Waals surface area contributed by atoms with Gasteiger partial charge in [0.2, 0.25) is 0 Å². The molecule has 0 aliphatic heterocycles. The number of nitrogens with one attached hydrogen (secondary N) is 2. The number of thiocarbonyl (C=S) groups is 1. The van der Waals surface area contributed by atoms with Crippen molar-refractivity contribution in [3.05, 3.63) is 29.8 Å². The zero-order chi connectivity index (χ0) is 25.1. The molecule has 0 heterocycles. The van der Waals surface area contributed by atoms with Crippen LogP contribution < -0.4 is 15.4 Å². The Morgan fingerprint density at radius 3 is 1.74 bits per heavy atom. The van der Waals surface area contributed by atoms with Gasteiger partial charge in [0.05, 0.1) is 0 Å². The Morgan fingerprint density at radius 2 is 1.26 bits per heavy atom. The monoisotopic (exact) mass is 490 g/mol. The van der Waals surface area contributed by atoms with Gasteiger partial charge in [-0.15, -0.1) is 0 Å². The van der Waals surface area contributed by atoms with Crippen molar-refractivity contribution in [1.29, 1.82) is 0 Å². The van der Waals surface area contributed by atoms with E-state index in [2.05, 4.69) is 38.3 Å². The van der Waals surface area contributed by atoms with E-state index in [-0.39, 0.29) is 17.9 Å². The van der Waals surface area contributed by atoms with Gasteiger partial charge >= 0.3 is 0 Å². The predicted octanol–water partition coefficient (Wildman–Crippen LogP) is 7.83. The number of rotatable bonds is 18. The van der Waals surface area contributed by atoms with Crippen LogP contribution in [0.2, 0.25) is 0 Å². The minimum absolute atomic E-state index is 0.0461. The lowest BCUT2D eigenvalue weighted by Crippen LogP contribution is -2.41. The van der Waals surface area contributed by atoms with Crippen LogP contribution in [0.3, 0.4) is 0 Å². The van der Waals surface area contributed by atoms with Crippen LogP contribution in [-0.4, -0.2) is 24.2 Å². The van der Waals surface area contributed by atoms with Gasteiger partial charge < -0.3 is 15.4 Å². The SMILES string of the molecule is CCCCCCCCCCCCCCCCNC(=S)NC(=O)COc1ccc(C(C)(C)C)cc1. The molecule has 1 rings (SSSR count). The molecule has 0 radical (unpaired) electrons. The van der Waals surface area contributed by atoms with Crippen LogP contribution in [0.1, 0.15) is 123 Å². The van der Waals surface area contributed by atoms with Gasteiger partial charge in [-0.3, -0.25) is 4.79 Å². The number of unbranched alkanes of at least 4 members (excludes halogenated alkanes) is 13. The van der Waals surface area contributed by atoms with Crippen LogP contribution in [-0.2, 0) is 10.2 Å². The minimum Gasteiger partial charge on any atom is -0.484 e. The first-order valence-electron chi connectivity index (χ1n) is 13.6. The number of amides is 1. The third kappa shape index (κ3) is 16.1. The second-order valence-corrected chi connectivity index (χ2v) is 10.9. The summed E-state index contributed by atoms with van der Waals surface area (Å²) in [7, 11) is 0. The number of carbonyl (C=O) groups is 1. The first-order chi connectivity index (χ1) is 16.3. The van der Waals surface area contributed by atoms with E-state index >= 15 is 0 Å². The Hall–Kier alpha value is -1.62. The summed E-state index contributed by atoms with van der Waals surface area (Å²) in [5, 5.41) is 6.20. The smallest absolute Gasteiger partial charge is 0.264 e. The van der Waals surface area contributed by atoms with E-state index in [1.807, 2.05) is 24.3 Å². The topological polar surface area (TPSA) is 50.4 Å². The van der Waals surface area contributed by atoms with Crippen molar-refractivity contribution in [1.82, 2.24) is 10.6 Å². The molecule has 34 heavy (non-hydrogen) atoms. The van der Waals surface area contributed by atoms with E-state index in [1.165, 1.54) is 89.0 Å². The second-order valence-electron chi connectivity index (χ2n) is 10.5. The first-order valence-corrected chi connectivity index (χ1v) is 14.0. The van der Waals surface area contributed by atoms with Crippen molar-refractivity contribution in [3.8, 4) is 5.75 Å². The van der Waals surface area contributed by atoms with E-state index < -0.39 is 0 Å². The van der Waals surface area contributed by atoms with Crippen LogP contribution in [0.5, 0.6) is 5.75 Å². The molecule has 0 aromatic heterocycles. The highest BCUT2D eigenvalue weighted by molar-refractivity contribution is 7.80. The van der Waals surface area contributed by atoms with Crippen molar-refractivity contribution >= 4 is 23.2 Å². The van der Waals surface area contributed by atoms with Crippen molar-refractivity contribution in [2.45, 2.75) is 123 Å². The summed E-state index contributed by atoms with van der Waals surface area (Å²) in [6.07, 6.45) is 18.9. The minimum atomic E-state index is -0.238. The molecule has 0 saturated heterocycles. The summed E-state index contributed by atoms with van der Waals surface area (Å²) in [4.78, 5) is 12.0. The van der Waals surface area contributed by atoms with Gasteiger partial charge in [0, 0.05) is 6.54 Å². The van der Waals surface area contributed by atoms with Crippen LogP contribution >= 0.6 is 12.2 Å². The fourth-order valence-electron chi connectivity index (χ4n) is 3.93. The van der Waals surface area contributed by atoms with Gasteiger partial charge in [-0.25, -0.2) is 0 Å². The Labute approximate surface area is 215 Å². The van der Waals surface area contributed by atoms with E-state index in [4.69, 9.17) is 17.0 Å². The van der Waals surface area contributed by atoms with Gasteiger partial charge in [-0.2, -0.15) is 0 Å². The molecule has 1 amide bonds. The van der Waals surface area contributed by atoms with E-state index in [0.29, 0.717) is 10.9 Å². The number of hydrogen-bond acceptors (Lipinski definition) is 3. The van der Waals surface area contributed by atoms with Crippen LogP contribution in [0.4, 0.5) is 0 Å². The molecule has 0 fully saturated rings. The molecule has 0 saturated carbocycles. The largest absolute Gasteiger partial charge is 0.484 e. The number of hydrogen-bond donors (Lipinski definition) is 2. The van der Waals surface area contributed by atoms with Gasteiger partial charge in [-0.1, -0.05) is 123 Å². The van der Waals surface area contributed by atoms with Crippen LogP contribution in [0.15, 0.2) is 24.3 Å². The molecular formula is C29H50N2O2S. The third-order valence-corrected chi connectivity index (χ3v) is 6.41. The summed E-state index contributed by atoms with van der Waals surface area (Å²) in [5.74, 6) is 0.447. The zero-order valence-electron chi connectivity index (χ0n) is 22.3. The molecule has 0 unspecified atom stereocenters. The van der Waals surface area contributed by atoms with Crippen LogP contribution in [0, 0.1) is 0 Å². The van der Waals surface area contributed by atoms with Gasteiger partial charge in [0.25, 0.3) is 5.91 Å². The Balaban J connectivity index is 1.94. The fraction of sp³-hybridized carbons (Fsp3) is 0.724. The Bertz CT molecular complexity index is 668. The molecule has 0 aliphatic carbocycles. The van der Waals surface area contributed by atoms with E-state index in [1.54, 1.807) is 0 Å². The molecule has 5 heteroatoms. The summed E-state index contributed by atoms with van der Waals surface area (Å²) in [5.41, 5.74) is 1.33. The third-order valence-electron chi connectivity index (χ3n) is 6.16. The highest BCUT2D eigenvalue weighted by Crippen LogP contribution is 2.24. The summed E-state index contributed by atoms with van der Waals surface area (Å²) in [6, 6.07) is 7.88. The standard InChI is InChI=1S/C29H50N2O2S/c1-5-6-7-8-9-10-11-12-13-14-15-16-17-18-23-30-28(34)31-27(32)24-33-26-21-19-25(20-22-26)29(2,3)4/h19-22H,5-18,23-24H2,1-4H3,(H2,30,31,32,34). The quantitative estimate of drug-likeness (QED) is 0.163. The first kappa shape index (κ1) is 30.4. The van der Waals surface area contributed by atoms with Crippen molar-refractivity contribution < 1.29 is 9.53 Å². The molecule has 0 aliphatic rings. The lowest BCUT2D eigenvalue weighted by atomic mass is 9.87. The summed E-state index contributed by atoms with van der Waals surface area (Å²) >= 11 is 5.22. The second kappa shape index (κ2) is 18.7. The van der Waals surface area contributed by atoms with Crippen molar-refractivity contribution in [3.63, 3.8) is 0 Å². The van der Waals surface area contributed by atoms with Crippen molar-refractivity contribution in [2.24, 2.45) is 0 Å². The molecule has 194 valence electrons. The number of ether oxygens (including phenoxy) is 1. The van der Waals surface area contributed by atoms with E-state index in [9.17, 15) is 4.79 Å². The molecule has 2 N–H and O–H groups in total. The highest BCUT2D eigenvalue weighted by Gasteiger charge is 2.13. The predicted molar refractivity (Wildman–Crippen MR) is 150 cm³/mol. The highest BCUT2D eigenvalue weighted by atomic mass is 32.1. The molecule has 0 spiro atoms. The van der Waals surface area contributed by atoms with E-state index in [0.717, 1.165) is 13.0 Å².